The van der Waals surface area contributed by atoms with E-state index in [9.17, 15) is 19.2 Å². The zero-order valence-corrected chi connectivity index (χ0v) is 78.8. The van der Waals surface area contributed by atoms with Crippen molar-refractivity contribution in [1.29, 1.82) is 0 Å². The molecule has 10 fully saturated rings. The summed E-state index contributed by atoms with van der Waals surface area (Å²) < 4.78 is 35.1. The number of benzene rings is 4. The van der Waals surface area contributed by atoms with Gasteiger partial charge in [0.2, 0.25) is 0 Å². The number of hydrogen-bond acceptors (Lipinski definition) is 14. The minimum atomic E-state index is -0.418. The first-order valence-corrected chi connectivity index (χ1v) is 46.7. The van der Waals surface area contributed by atoms with Gasteiger partial charge in [-0.15, -0.1) is 0 Å². The molecular formula is C104H168O14. The Labute approximate surface area is 717 Å². The molecule has 4 unspecified atom stereocenters. The van der Waals surface area contributed by atoms with Gasteiger partial charge in [-0.25, -0.2) is 0 Å². The Morgan fingerprint density at radius 2 is 0.585 bits per heavy atom. The largest absolute Gasteiger partial charge is 0.508 e. The highest BCUT2D eigenvalue weighted by atomic mass is 16.7. The molecule has 10 aliphatic carbocycles. The van der Waals surface area contributed by atoms with Crippen LogP contribution in [-0.2, 0) is 47.6 Å². The van der Waals surface area contributed by atoms with E-state index in [-0.39, 0.29) is 70.7 Å². The second-order valence-corrected chi connectivity index (χ2v) is 40.3. The van der Waals surface area contributed by atoms with Gasteiger partial charge in [-0.1, -0.05) is 159 Å². The Morgan fingerprint density at radius 3 is 0.822 bits per heavy atom. The van der Waals surface area contributed by atoms with E-state index >= 15 is 0 Å². The second kappa shape index (κ2) is 46.9. The molecule has 10 aliphatic rings. The highest BCUT2D eigenvalue weighted by Gasteiger charge is 2.60. The lowest BCUT2D eigenvalue weighted by atomic mass is 9.47. The first kappa shape index (κ1) is 102. The summed E-state index contributed by atoms with van der Waals surface area (Å²) in [7, 11) is 0. The lowest BCUT2D eigenvalue weighted by Crippen LogP contribution is -2.61. The lowest BCUT2D eigenvalue weighted by Gasteiger charge is -2.62. The third-order valence-electron chi connectivity index (χ3n) is 29.7. The quantitative estimate of drug-likeness (QED) is 0.0262. The van der Waals surface area contributed by atoms with Crippen LogP contribution in [0.5, 0.6) is 23.0 Å². The van der Waals surface area contributed by atoms with Crippen LogP contribution < -0.4 is 0 Å². The van der Waals surface area contributed by atoms with Crippen molar-refractivity contribution in [2.75, 3.05) is 13.6 Å². The molecule has 118 heavy (non-hydrogen) atoms. The van der Waals surface area contributed by atoms with Gasteiger partial charge in [0.25, 0.3) is 0 Å². The maximum absolute atomic E-state index is 12.2. The number of rotatable bonds is 26. The van der Waals surface area contributed by atoms with Gasteiger partial charge in [-0.05, 0) is 390 Å². The molecule has 0 radical (unpaired) electrons. The molecule has 8 bridgehead atoms. The van der Waals surface area contributed by atoms with E-state index in [2.05, 4.69) is 90.0 Å². The van der Waals surface area contributed by atoms with E-state index in [1.54, 1.807) is 48.5 Å². The van der Waals surface area contributed by atoms with Crippen LogP contribution in [0.1, 0.15) is 399 Å². The van der Waals surface area contributed by atoms with Gasteiger partial charge in [0.05, 0.1) is 32.9 Å². The number of esters is 4. The fraction of sp³-hybridized carbons (Fsp3) is 0.731. The van der Waals surface area contributed by atoms with Gasteiger partial charge in [0, 0.05) is 0 Å². The summed E-state index contributed by atoms with van der Waals surface area (Å²) in [6.07, 6.45) is 32.5. The topological polar surface area (TPSA) is 205 Å². The van der Waals surface area contributed by atoms with E-state index in [0.29, 0.717) is 76.3 Å². The molecule has 668 valence electrons. The standard InChI is InChI=1S/C20H34O3.C19H32O3.C13H24O2.C12H22O2.4C10H14O/c1-6-19(4,5)18(21)22-12-23-20(13(2)3)16-8-14-7-15(10-16)11-17(20)9-14;1-5-18(3,4)17(20)21-12-22-19(6-2)15-8-13-7-14(10-15)11-16(19)9-13;1-5-12(2,3)11(14)15-13(4)9-7-6-8-10-13;1-5-11(2,3)10(13)14-12(4)8-6-7-9-12;4*1-3-8(2)9-4-6-10(11)7-5-9/h13-17H,6-12H2,1-5H3;13-16H,5-12H2,1-4H3;5-10H2,1-4H3;5-9H2,1-4H3;4*4-8,11H,3H2,1-2H3. The van der Waals surface area contributed by atoms with Crippen LogP contribution in [-0.4, -0.2) is 80.3 Å². The van der Waals surface area contributed by atoms with Crippen LogP contribution in [0.3, 0.4) is 0 Å². The molecule has 14 heteroatoms. The smallest absolute Gasteiger partial charge is 0.313 e. The molecule has 10 saturated carbocycles. The Kier molecular flexibility index (Phi) is 40.7. The van der Waals surface area contributed by atoms with E-state index in [0.717, 1.165) is 107 Å². The van der Waals surface area contributed by atoms with Crippen LogP contribution in [0.25, 0.3) is 0 Å². The summed E-state index contributed by atoms with van der Waals surface area (Å²) in [4.78, 5) is 48.1. The Balaban J connectivity index is 0.000000245. The van der Waals surface area contributed by atoms with Crippen molar-refractivity contribution >= 4 is 23.9 Å². The van der Waals surface area contributed by atoms with E-state index < -0.39 is 10.8 Å². The Morgan fingerprint density at radius 1 is 0.347 bits per heavy atom. The number of carbonyl (C=O) groups excluding carboxylic acids is 4. The Hall–Kier alpha value is -6.12. The Bertz CT molecular complexity index is 3290. The fourth-order valence-electron chi connectivity index (χ4n) is 19.0. The molecule has 4 aromatic carbocycles. The number of phenolic OH excluding ortho intramolecular Hbond substituents is 4. The summed E-state index contributed by atoms with van der Waals surface area (Å²) in [5, 5.41) is 36.0. The zero-order valence-electron chi connectivity index (χ0n) is 78.8. The molecule has 0 saturated heterocycles. The third-order valence-corrected chi connectivity index (χ3v) is 29.7. The van der Waals surface area contributed by atoms with Crippen molar-refractivity contribution < 1.29 is 68.0 Å². The molecular weight excluding hydrogens is 1470 g/mol. The summed E-state index contributed by atoms with van der Waals surface area (Å²) in [5.74, 6) is 10.3. The maximum Gasteiger partial charge on any atom is 0.313 e. The molecule has 14 nitrogen and oxygen atoms in total. The zero-order chi connectivity index (χ0) is 88.2. The van der Waals surface area contributed by atoms with Gasteiger partial charge in [-0.2, -0.15) is 0 Å². The lowest BCUT2D eigenvalue weighted by molar-refractivity contribution is -0.258. The van der Waals surface area contributed by atoms with Crippen LogP contribution in [0, 0.1) is 74.9 Å². The molecule has 14 rings (SSSR count). The van der Waals surface area contributed by atoms with Crippen molar-refractivity contribution in [2.45, 2.75) is 399 Å². The molecule has 0 heterocycles. The number of ether oxygens (including phenoxy) is 6. The first-order valence-electron chi connectivity index (χ1n) is 46.7. The number of phenols is 4. The highest BCUT2D eigenvalue weighted by Crippen LogP contribution is 2.63. The molecule has 0 aliphatic heterocycles. The van der Waals surface area contributed by atoms with Crippen LogP contribution in [0.2, 0.25) is 0 Å². The van der Waals surface area contributed by atoms with Crippen molar-refractivity contribution in [2.24, 2.45) is 74.9 Å². The van der Waals surface area contributed by atoms with Gasteiger partial charge in [0.1, 0.15) is 34.2 Å². The SMILES string of the molecule is CCC(C)(C)C(=O)OC1(C)CCCC1.CCC(C)(C)C(=O)OC1(C)CCCCC1.CCC(C)(C)C(=O)OCOC1(C(C)C)C2CC3CC(C2)CC1C3.CCC(C)(C)C(=O)OCOC1(CC)C2CC3CC(C2)CC1C3.CCC(C)c1ccc(O)cc1.CCC(C)c1ccc(O)cc1.CCC(C)c1ccc(O)cc1.CCC(C)c1ccc(O)cc1. The average molecular weight is 1640 g/mol. The minimum Gasteiger partial charge on any atom is -0.508 e. The monoisotopic (exact) mass is 1640 g/mol. The number of aromatic hydroxyl groups is 4. The van der Waals surface area contributed by atoms with Crippen LogP contribution in [0.15, 0.2) is 97.1 Å². The molecule has 0 aromatic heterocycles. The predicted molar refractivity (Wildman–Crippen MR) is 483 cm³/mol. The molecule has 0 amide bonds. The molecule has 4 aromatic rings. The first-order chi connectivity index (χ1) is 55.4. The van der Waals surface area contributed by atoms with Gasteiger partial charge in [0.15, 0.2) is 13.6 Å². The third kappa shape index (κ3) is 29.6. The maximum atomic E-state index is 12.2. The van der Waals surface area contributed by atoms with E-state index in [4.69, 9.17) is 48.8 Å². The summed E-state index contributed by atoms with van der Waals surface area (Å²) >= 11 is 0. The summed E-state index contributed by atoms with van der Waals surface area (Å²) in [5.41, 5.74) is 3.24. The highest BCUT2D eigenvalue weighted by molar-refractivity contribution is 5.77. The van der Waals surface area contributed by atoms with Gasteiger partial charge >= 0.3 is 23.9 Å². The summed E-state index contributed by atoms with van der Waals surface area (Å²) in [6, 6.07) is 29.7. The molecule has 4 N–H and O–H groups in total. The normalized spacial score (nSPS) is 25.0. The minimum absolute atomic E-state index is 0.0238. The summed E-state index contributed by atoms with van der Waals surface area (Å²) in [6.45, 7) is 52.3. The van der Waals surface area contributed by atoms with Crippen molar-refractivity contribution in [3.05, 3.63) is 119 Å². The van der Waals surface area contributed by atoms with Crippen molar-refractivity contribution in [3.63, 3.8) is 0 Å². The van der Waals surface area contributed by atoms with Crippen molar-refractivity contribution in [3.8, 4) is 23.0 Å². The molecule has 0 spiro atoms. The average Bonchev–Trinajstić information content (AvgIpc) is 0.757. The van der Waals surface area contributed by atoms with Gasteiger partial charge in [-0.3, -0.25) is 19.2 Å². The molecule has 4 atom stereocenters. The number of hydrogen-bond donors (Lipinski definition) is 4. The predicted octanol–water partition coefficient (Wildman–Crippen LogP) is 27.9. The number of carbonyl (C=O) groups is 4. The second-order valence-electron chi connectivity index (χ2n) is 40.3. The van der Waals surface area contributed by atoms with Crippen LogP contribution >= 0.6 is 0 Å². The van der Waals surface area contributed by atoms with Crippen molar-refractivity contribution in [1.82, 2.24) is 0 Å². The van der Waals surface area contributed by atoms with E-state index in [1.807, 2.05) is 132 Å². The van der Waals surface area contributed by atoms with Gasteiger partial charge < -0.3 is 48.8 Å². The van der Waals surface area contributed by atoms with E-state index in [1.165, 1.54) is 119 Å². The fourth-order valence-corrected chi connectivity index (χ4v) is 19.0. The van der Waals surface area contributed by atoms with Crippen LogP contribution in [0.4, 0.5) is 0 Å².